The number of pyridine rings is 1. The van der Waals surface area contributed by atoms with Crippen LogP contribution in [0.3, 0.4) is 0 Å². The summed E-state index contributed by atoms with van der Waals surface area (Å²) >= 11 is 0. The second-order valence-corrected chi connectivity index (χ2v) is 7.56. The Kier molecular flexibility index (Phi) is 6.37. The van der Waals surface area contributed by atoms with Crippen molar-refractivity contribution in [3.63, 3.8) is 0 Å². The van der Waals surface area contributed by atoms with E-state index in [9.17, 15) is 0 Å². The van der Waals surface area contributed by atoms with E-state index < -0.39 is 0 Å². The number of nitrogens with zero attached hydrogens (tertiary/aromatic N) is 5. The lowest BCUT2D eigenvalue weighted by molar-refractivity contribution is 0.417. The van der Waals surface area contributed by atoms with E-state index in [0.29, 0.717) is 11.7 Å². The summed E-state index contributed by atoms with van der Waals surface area (Å²) in [6, 6.07) is 11.8. The van der Waals surface area contributed by atoms with Crippen molar-refractivity contribution < 1.29 is 4.74 Å². The highest BCUT2D eigenvalue weighted by Gasteiger charge is 2.13. The Labute approximate surface area is 187 Å². The molecule has 4 aromatic rings. The molecular weight excluding hydrogens is 404 g/mol. The first-order chi connectivity index (χ1) is 15.6. The molecule has 3 aromatic heterocycles. The number of hydrogen-bond donors (Lipinski definition) is 3. The van der Waals surface area contributed by atoms with E-state index in [0.717, 1.165) is 46.9 Å². The summed E-state index contributed by atoms with van der Waals surface area (Å²) in [5, 5.41) is 14.4. The Hall–Kier alpha value is -3.85. The Morgan fingerprint density at radius 2 is 1.97 bits per heavy atom. The summed E-state index contributed by atoms with van der Waals surface area (Å²) < 4.78 is 7.44. The number of hydrogen-bond acceptors (Lipinski definition) is 8. The SMILES string of the molecule is CNc1cc(OC)c(Nc2nccc(-c3cnn4ccccc34)n2)cc1NCCN(C)C. The van der Waals surface area contributed by atoms with Crippen molar-refractivity contribution in [1.29, 1.82) is 0 Å². The second kappa shape index (κ2) is 9.52. The van der Waals surface area contributed by atoms with E-state index in [1.54, 1.807) is 13.3 Å². The molecule has 4 rings (SSSR count). The topological polar surface area (TPSA) is 91.6 Å². The molecule has 9 nitrogen and oxygen atoms in total. The van der Waals surface area contributed by atoms with E-state index in [1.807, 2.05) is 60.4 Å². The van der Waals surface area contributed by atoms with Crippen LogP contribution in [0.2, 0.25) is 0 Å². The molecule has 0 unspecified atom stereocenters. The Morgan fingerprint density at radius 3 is 2.75 bits per heavy atom. The van der Waals surface area contributed by atoms with Crippen LogP contribution in [-0.2, 0) is 0 Å². The first-order valence-corrected chi connectivity index (χ1v) is 10.4. The van der Waals surface area contributed by atoms with Crippen LogP contribution >= 0.6 is 0 Å². The molecular formula is C23H28N8O. The van der Waals surface area contributed by atoms with Crippen LogP contribution in [0.4, 0.5) is 23.0 Å². The lowest BCUT2D eigenvalue weighted by atomic mass is 10.2. The first-order valence-electron chi connectivity index (χ1n) is 10.4. The molecule has 0 aliphatic rings. The number of methoxy groups -OCH3 is 1. The van der Waals surface area contributed by atoms with Crippen molar-refractivity contribution in [2.75, 3.05) is 57.3 Å². The summed E-state index contributed by atoms with van der Waals surface area (Å²) in [5.74, 6) is 1.17. The minimum atomic E-state index is 0.479. The number of rotatable bonds is 9. The fourth-order valence-corrected chi connectivity index (χ4v) is 3.43. The maximum atomic E-state index is 5.61. The molecule has 1 aromatic carbocycles. The Morgan fingerprint density at radius 1 is 1.09 bits per heavy atom. The third-order valence-corrected chi connectivity index (χ3v) is 5.09. The third kappa shape index (κ3) is 4.57. The van der Waals surface area contributed by atoms with Crippen molar-refractivity contribution in [3.05, 3.63) is 55.0 Å². The quantitative estimate of drug-likeness (QED) is 0.370. The van der Waals surface area contributed by atoms with Gasteiger partial charge in [-0.25, -0.2) is 14.5 Å². The van der Waals surface area contributed by atoms with Gasteiger partial charge in [-0.15, -0.1) is 0 Å². The van der Waals surface area contributed by atoms with Gasteiger partial charge in [0.1, 0.15) is 5.75 Å². The average molecular weight is 433 g/mol. The Balaban J connectivity index is 1.64. The predicted octanol–water partition coefficient (Wildman–Crippen LogP) is 3.56. The highest BCUT2D eigenvalue weighted by atomic mass is 16.5. The van der Waals surface area contributed by atoms with Gasteiger partial charge in [0.2, 0.25) is 5.95 Å². The number of anilines is 4. The standard InChI is InChI=1S/C23H28N8O/c1-24-18-14-22(32-4)20(13-19(18)25-10-12-30(2)3)29-23-26-9-8-17(28-23)16-15-27-31-11-6-5-7-21(16)31/h5-9,11,13-15,24-25H,10,12H2,1-4H3,(H,26,28,29). The van der Waals surface area contributed by atoms with Crippen LogP contribution in [0.1, 0.15) is 0 Å². The van der Waals surface area contributed by atoms with Gasteiger partial charge in [0.05, 0.1) is 41.6 Å². The molecule has 0 bridgehead atoms. The zero-order chi connectivity index (χ0) is 22.5. The van der Waals surface area contributed by atoms with Crippen molar-refractivity contribution in [3.8, 4) is 17.0 Å². The van der Waals surface area contributed by atoms with Gasteiger partial charge in [-0.3, -0.25) is 0 Å². The van der Waals surface area contributed by atoms with E-state index >= 15 is 0 Å². The molecule has 0 aliphatic carbocycles. The number of likely N-dealkylation sites (N-methyl/N-ethyl adjacent to an activating group) is 1. The van der Waals surface area contributed by atoms with Crippen LogP contribution in [-0.4, -0.2) is 65.8 Å². The average Bonchev–Trinajstić information content (AvgIpc) is 3.23. The summed E-state index contributed by atoms with van der Waals surface area (Å²) in [6.45, 7) is 1.73. The maximum absolute atomic E-state index is 5.61. The van der Waals surface area contributed by atoms with Crippen molar-refractivity contribution in [1.82, 2.24) is 24.5 Å². The highest BCUT2D eigenvalue weighted by Crippen LogP contribution is 2.36. The van der Waals surface area contributed by atoms with Gasteiger partial charge in [0.25, 0.3) is 0 Å². The summed E-state index contributed by atoms with van der Waals surface area (Å²) in [6.07, 6.45) is 5.47. The molecule has 32 heavy (non-hydrogen) atoms. The number of aromatic nitrogens is 4. The van der Waals surface area contributed by atoms with Crippen LogP contribution in [0.25, 0.3) is 16.8 Å². The number of benzene rings is 1. The van der Waals surface area contributed by atoms with E-state index in [4.69, 9.17) is 9.72 Å². The molecule has 0 amide bonds. The van der Waals surface area contributed by atoms with Gasteiger partial charge in [0.15, 0.2) is 0 Å². The molecule has 0 atom stereocenters. The van der Waals surface area contributed by atoms with Gasteiger partial charge in [-0.2, -0.15) is 5.10 Å². The van der Waals surface area contributed by atoms with Gasteiger partial charge in [-0.05, 0) is 38.4 Å². The Bertz CT molecular complexity index is 1200. The van der Waals surface area contributed by atoms with Crippen LogP contribution in [0.15, 0.2) is 55.0 Å². The third-order valence-electron chi connectivity index (χ3n) is 5.09. The smallest absolute Gasteiger partial charge is 0.227 e. The molecule has 0 radical (unpaired) electrons. The summed E-state index contributed by atoms with van der Waals surface area (Å²) in [5.41, 5.74) is 5.42. The molecule has 3 heterocycles. The van der Waals surface area contributed by atoms with Gasteiger partial charge < -0.3 is 25.6 Å². The molecule has 0 saturated heterocycles. The zero-order valence-corrected chi connectivity index (χ0v) is 18.8. The van der Waals surface area contributed by atoms with Crippen LogP contribution < -0.4 is 20.7 Å². The van der Waals surface area contributed by atoms with Crippen molar-refractivity contribution in [2.45, 2.75) is 0 Å². The fourth-order valence-electron chi connectivity index (χ4n) is 3.43. The lowest BCUT2D eigenvalue weighted by Crippen LogP contribution is -2.21. The minimum absolute atomic E-state index is 0.479. The number of fused-ring (bicyclic) bond motifs is 1. The molecule has 0 saturated carbocycles. The lowest BCUT2D eigenvalue weighted by Gasteiger charge is -2.18. The highest BCUT2D eigenvalue weighted by molar-refractivity contribution is 5.81. The summed E-state index contributed by atoms with van der Waals surface area (Å²) in [7, 11) is 7.64. The van der Waals surface area contributed by atoms with Gasteiger partial charge in [-0.1, -0.05) is 6.07 Å². The monoisotopic (exact) mass is 432 g/mol. The van der Waals surface area contributed by atoms with Crippen LogP contribution in [0.5, 0.6) is 5.75 Å². The molecule has 0 fully saturated rings. The van der Waals surface area contributed by atoms with Gasteiger partial charge in [0, 0.05) is 44.2 Å². The molecule has 3 N–H and O–H groups in total. The van der Waals surface area contributed by atoms with Gasteiger partial charge >= 0.3 is 0 Å². The zero-order valence-electron chi connectivity index (χ0n) is 18.8. The summed E-state index contributed by atoms with van der Waals surface area (Å²) in [4.78, 5) is 11.3. The second-order valence-electron chi connectivity index (χ2n) is 7.56. The van der Waals surface area contributed by atoms with Crippen molar-refractivity contribution >= 4 is 28.5 Å². The number of ether oxygens (including phenoxy) is 1. The minimum Gasteiger partial charge on any atom is -0.494 e. The normalized spacial score (nSPS) is 11.0. The van der Waals surface area contributed by atoms with Crippen molar-refractivity contribution in [2.24, 2.45) is 0 Å². The van der Waals surface area contributed by atoms with Crippen LogP contribution in [0, 0.1) is 0 Å². The first kappa shape index (κ1) is 21.4. The van der Waals surface area contributed by atoms with E-state index in [2.05, 4.69) is 45.0 Å². The molecule has 0 spiro atoms. The molecule has 166 valence electrons. The fraction of sp³-hybridized carbons (Fsp3) is 0.261. The van der Waals surface area contributed by atoms with E-state index in [1.165, 1.54) is 0 Å². The van der Waals surface area contributed by atoms with E-state index in [-0.39, 0.29) is 0 Å². The molecule has 0 aliphatic heterocycles. The predicted molar refractivity (Wildman–Crippen MR) is 129 cm³/mol. The number of nitrogens with one attached hydrogen (secondary N) is 3. The largest absolute Gasteiger partial charge is 0.494 e. The maximum Gasteiger partial charge on any atom is 0.227 e. The molecule has 9 heteroatoms.